The van der Waals surface area contributed by atoms with Gasteiger partial charge >= 0.3 is 0 Å². The van der Waals surface area contributed by atoms with Crippen molar-refractivity contribution in [3.8, 4) is 5.69 Å². The van der Waals surface area contributed by atoms with Crippen LogP contribution in [0.1, 0.15) is 30.1 Å². The van der Waals surface area contributed by atoms with Crippen molar-refractivity contribution in [2.75, 3.05) is 13.1 Å². The van der Waals surface area contributed by atoms with E-state index in [4.69, 9.17) is 0 Å². The summed E-state index contributed by atoms with van der Waals surface area (Å²) < 4.78 is 2.12. The largest absolute Gasteiger partial charge is 0.298 e. The van der Waals surface area contributed by atoms with Crippen LogP contribution < -0.4 is 0 Å². The van der Waals surface area contributed by atoms with Gasteiger partial charge in [0.1, 0.15) is 12.2 Å². The van der Waals surface area contributed by atoms with Gasteiger partial charge in [0, 0.05) is 37.1 Å². The molecule has 0 spiro atoms. The van der Waals surface area contributed by atoms with Gasteiger partial charge in [-0.1, -0.05) is 24.3 Å². The van der Waals surface area contributed by atoms with Gasteiger partial charge in [-0.15, -0.1) is 10.2 Å². The molecule has 1 aliphatic heterocycles. The van der Waals surface area contributed by atoms with Crippen molar-refractivity contribution in [2.45, 2.75) is 25.3 Å². The molecule has 5 nitrogen and oxygen atoms in total. The van der Waals surface area contributed by atoms with Gasteiger partial charge in [-0.25, -0.2) is 0 Å². The molecule has 0 bridgehead atoms. The summed E-state index contributed by atoms with van der Waals surface area (Å²) in [6.45, 7) is 3.09. The van der Waals surface area contributed by atoms with Crippen LogP contribution >= 0.6 is 0 Å². The van der Waals surface area contributed by atoms with Gasteiger partial charge in [0.05, 0.1) is 0 Å². The van der Waals surface area contributed by atoms with Crippen LogP contribution in [0.2, 0.25) is 0 Å². The molecule has 1 saturated heterocycles. The van der Waals surface area contributed by atoms with E-state index in [0.29, 0.717) is 5.92 Å². The first-order chi connectivity index (χ1) is 11.9. The Kier molecular flexibility index (Phi) is 4.34. The van der Waals surface area contributed by atoms with Gasteiger partial charge in [0.2, 0.25) is 0 Å². The number of likely N-dealkylation sites (tertiary alicyclic amines) is 1. The zero-order chi connectivity index (χ0) is 16.2. The Morgan fingerprint density at radius 1 is 1.08 bits per heavy atom. The molecule has 2 aromatic heterocycles. The lowest BCUT2D eigenvalue weighted by Gasteiger charge is -2.32. The maximum absolute atomic E-state index is 4.43. The fourth-order valence-corrected chi connectivity index (χ4v) is 3.47. The molecular weight excluding hydrogens is 298 g/mol. The number of piperidine rings is 1. The minimum atomic E-state index is 0.415. The highest BCUT2D eigenvalue weighted by Gasteiger charge is 2.25. The monoisotopic (exact) mass is 319 g/mol. The highest BCUT2D eigenvalue weighted by molar-refractivity contribution is 5.32. The first kappa shape index (κ1) is 15.0. The Balaban J connectivity index is 1.52. The minimum absolute atomic E-state index is 0.415. The van der Waals surface area contributed by atoms with E-state index in [1.54, 1.807) is 0 Å². The van der Waals surface area contributed by atoms with Gasteiger partial charge in [-0.05, 0) is 43.1 Å². The third-order valence-electron chi connectivity index (χ3n) is 4.61. The van der Waals surface area contributed by atoms with Crippen LogP contribution in [0.4, 0.5) is 0 Å². The van der Waals surface area contributed by atoms with Gasteiger partial charge in [0.25, 0.3) is 0 Å². The van der Waals surface area contributed by atoms with Crippen molar-refractivity contribution in [3.05, 3.63) is 72.6 Å². The molecule has 4 rings (SSSR count). The first-order valence-corrected chi connectivity index (χ1v) is 8.47. The summed E-state index contributed by atoms with van der Waals surface area (Å²) in [4.78, 5) is 6.71. The number of hydrogen-bond acceptors (Lipinski definition) is 4. The van der Waals surface area contributed by atoms with E-state index in [1.165, 1.54) is 12.0 Å². The molecule has 0 aliphatic carbocycles. The van der Waals surface area contributed by atoms with Crippen LogP contribution in [0.3, 0.4) is 0 Å². The number of nitrogens with zero attached hydrogens (tertiary/aromatic N) is 5. The molecule has 0 amide bonds. The van der Waals surface area contributed by atoms with E-state index in [1.807, 2.05) is 30.9 Å². The Hall–Kier alpha value is -2.53. The predicted octanol–water partition coefficient (Wildman–Crippen LogP) is 3.04. The molecule has 5 heteroatoms. The zero-order valence-corrected chi connectivity index (χ0v) is 13.6. The van der Waals surface area contributed by atoms with Crippen LogP contribution in [0.25, 0.3) is 5.69 Å². The third-order valence-corrected chi connectivity index (χ3v) is 4.61. The van der Waals surface area contributed by atoms with E-state index in [2.05, 4.69) is 55.0 Å². The lowest BCUT2D eigenvalue weighted by atomic mass is 9.96. The molecule has 3 heterocycles. The molecule has 0 N–H and O–H groups in total. The standard InChI is InChI=1S/C19H21N5/c1-2-8-18(9-3-1)24-15-21-22-19(24)17-7-5-11-23(14-17)13-16-6-4-10-20-12-16/h1-4,6,8-10,12,15,17H,5,7,11,13-14H2/t17-/m0/s1. The number of benzene rings is 1. The number of para-hydroxylation sites is 1. The minimum Gasteiger partial charge on any atom is -0.298 e. The van der Waals surface area contributed by atoms with Crippen LogP contribution in [0.15, 0.2) is 61.2 Å². The normalized spacial score (nSPS) is 18.6. The molecule has 1 aliphatic rings. The smallest absolute Gasteiger partial charge is 0.141 e. The van der Waals surface area contributed by atoms with Crippen molar-refractivity contribution < 1.29 is 0 Å². The number of aromatic nitrogens is 4. The quantitative estimate of drug-likeness (QED) is 0.741. The SMILES string of the molecule is c1ccc(-n2cnnc2[C@H]2CCCN(Cc3cccnc3)C2)cc1. The molecule has 0 radical (unpaired) electrons. The van der Waals surface area contributed by atoms with Gasteiger partial charge in [0.15, 0.2) is 0 Å². The summed E-state index contributed by atoms with van der Waals surface area (Å²) in [5.74, 6) is 1.48. The third kappa shape index (κ3) is 3.21. The molecule has 0 unspecified atom stereocenters. The summed E-state index contributed by atoms with van der Waals surface area (Å²) in [6.07, 6.45) is 7.95. The molecule has 122 valence electrons. The second-order valence-corrected chi connectivity index (χ2v) is 6.33. The molecule has 24 heavy (non-hydrogen) atoms. The van der Waals surface area contributed by atoms with Crippen molar-refractivity contribution in [1.82, 2.24) is 24.6 Å². The molecule has 1 aromatic carbocycles. The van der Waals surface area contributed by atoms with Crippen molar-refractivity contribution in [3.63, 3.8) is 0 Å². The summed E-state index contributed by atoms with van der Waals surface area (Å²) in [6, 6.07) is 14.5. The fourth-order valence-electron chi connectivity index (χ4n) is 3.47. The Morgan fingerprint density at radius 2 is 2.00 bits per heavy atom. The maximum atomic E-state index is 4.43. The zero-order valence-electron chi connectivity index (χ0n) is 13.6. The van der Waals surface area contributed by atoms with Crippen LogP contribution in [-0.4, -0.2) is 37.7 Å². The molecule has 1 atom stereocenters. The van der Waals surface area contributed by atoms with E-state index >= 15 is 0 Å². The Labute approximate surface area is 142 Å². The topological polar surface area (TPSA) is 46.8 Å². The summed E-state index contributed by atoms with van der Waals surface area (Å²) in [5.41, 5.74) is 2.39. The summed E-state index contributed by atoms with van der Waals surface area (Å²) in [7, 11) is 0. The Bertz CT molecular complexity index is 769. The van der Waals surface area contributed by atoms with Crippen molar-refractivity contribution >= 4 is 0 Å². The molecule has 1 fully saturated rings. The van der Waals surface area contributed by atoms with E-state index in [9.17, 15) is 0 Å². The van der Waals surface area contributed by atoms with Crippen LogP contribution in [-0.2, 0) is 6.54 Å². The van der Waals surface area contributed by atoms with Crippen molar-refractivity contribution in [1.29, 1.82) is 0 Å². The number of pyridine rings is 1. The van der Waals surface area contributed by atoms with Gasteiger partial charge in [-0.2, -0.15) is 0 Å². The lowest BCUT2D eigenvalue weighted by molar-refractivity contribution is 0.195. The lowest BCUT2D eigenvalue weighted by Crippen LogP contribution is -2.34. The predicted molar refractivity (Wildman–Crippen MR) is 92.8 cm³/mol. The van der Waals surface area contributed by atoms with E-state index < -0.39 is 0 Å². The molecule has 3 aromatic rings. The maximum Gasteiger partial charge on any atom is 0.141 e. The summed E-state index contributed by atoms with van der Waals surface area (Å²) >= 11 is 0. The fraction of sp³-hybridized carbons (Fsp3) is 0.316. The molecule has 0 saturated carbocycles. The van der Waals surface area contributed by atoms with E-state index in [-0.39, 0.29) is 0 Å². The highest BCUT2D eigenvalue weighted by atomic mass is 15.3. The van der Waals surface area contributed by atoms with Gasteiger partial charge in [-0.3, -0.25) is 14.5 Å². The van der Waals surface area contributed by atoms with Crippen molar-refractivity contribution in [2.24, 2.45) is 0 Å². The first-order valence-electron chi connectivity index (χ1n) is 8.47. The summed E-state index contributed by atoms with van der Waals surface area (Å²) in [5, 5.41) is 8.60. The second-order valence-electron chi connectivity index (χ2n) is 6.33. The number of rotatable bonds is 4. The average molecular weight is 319 g/mol. The van der Waals surface area contributed by atoms with Gasteiger partial charge < -0.3 is 0 Å². The second kappa shape index (κ2) is 6.93. The van der Waals surface area contributed by atoms with E-state index in [0.717, 1.165) is 37.6 Å². The molecular formula is C19H21N5. The van der Waals surface area contributed by atoms with Crippen LogP contribution in [0, 0.1) is 0 Å². The Morgan fingerprint density at radius 3 is 2.83 bits per heavy atom. The highest BCUT2D eigenvalue weighted by Crippen LogP contribution is 2.27. The average Bonchev–Trinajstić information content (AvgIpc) is 3.13. The van der Waals surface area contributed by atoms with Crippen LogP contribution in [0.5, 0.6) is 0 Å². The number of hydrogen-bond donors (Lipinski definition) is 0.